The Hall–Kier alpha value is -3.87. The van der Waals surface area contributed by atoms with Gasteiger partial charge < -0.3 is 9.64 Å². The van der Waals surface area contributed by atoms with E-state index in [1.807, 2.05) is 54.4 Å². The van der Waals surface area contributed by atoms with E-state index in [9.17, 15) is 18.0 Å². The molecule has 0 saturated carbocycles. The summed E-state index contributed by atoms with van der Waals surface area (Å²) in [5.74, 6) is 0.0629. The molecule has 36 heavy (non-hydrogen) atoms. The van der Waals surface area contributed by atoms with Crippen LogP contribution >= 0.6 is 0 Å². The highest BCUT2D eigenvalue weighted by Crippen LogP contribution is 2.31. The maximum absolute atomic E-state index is 13.4. The van der Waals surface area contributed by atoms with E-state index in [1.165, 1.54) is 17.7 Å². The minimum atomic E-state index is -4.73. The minimum absolute atomic E-state index is 0.0227. The number of hydrogen-bond acceptors (Lipinski definition) is 3. The highest BCUT2D eigenvalue weighted by atomic mass is 19.4. The third-order valence-electron chi connectivity index (χ3n) is 6.71. The van der Waals surface area contributed by atoms with Crippen molar-refractivity contribution in [3.63, 3.8) is 0 Å². The maximum Gasteiger partial charge on any atom is 0.573 e. The van der Waals surface area contributed by atoms with E-state index in [-0.39, 0.29) is 11.7 Å². The number of ether oxygens (including phenoxy) is 1. The van der Waals surface area contributed by atoms with E-state index in [2.05, 4.69) is 21.9 Å². The SMILES string of the molecule is Cc1c(C(=O)N2CC[C@@H](Cc3cnc4ccccc4c3)C2)cccc1-c1ccc(OC(F)(F)F)cc1. The Morgan fingerprint density at radius 3 is 2.61 bits per heavy atom. The normalized spacial score (nSPS) is 15.9. The molecule has 0 unspecified atom stereocenters. The van der Waals surface area contributed by atoms with Crippen LogP contribution < -0.4 is 4.74 Å². The fourth-order valence-corrected chi connectivity index (χ4v) is 4.93. The number of rotatable bonds is 5. The molecule has 0 N–H and O–H groups in total. The summed E-state index contributed by atoms with van der Waals surface area (Å²) in [6.45, 7) is 3.24. The number of nitrogens with zero attached hydrogens (tertiary/aromatic N) is 2. The molecule has 0 aliphatic carbocycles. The largest absolute Gasteiger partial charge is 0.573 e. The lowest BCUT2D eigenvalue weighted by atomic mass is 9.95. The van der Waals surface area contributed by atoms with E-state index in [1.54, 1.807) is 12.1 Å². The fourth-order valence-electron chi connectivity index (χ4n) is 4.93. The number of fused-ring (bicyclic) bond motifs is 1. The number of halogens is 3. The standard InChI is InChI=1S/C29H25F3N2O2/c1-19-25(22-9-11-24(12-10-22)36-29(30,31)32)6-4-7-26(19)28(35)34-14-13-20(18-34)15-21-16-23-5-2-3-8-27(23)33-17-21/h2-12,16-17,20H,13-15,18H2,1H3/t20-/m0/s1. The number of aromatic nitrogens is 1. The van der Waals surface area contributed by atoms with Crippen LogP contribution in [-0.4, -0.2) is 35.2 Å². The summed E-state index contributed by atoms with van der Waals surface area (Å²) in [5, 5.41) is 1.12. The first kappa shape index (κ1) is 23.9. The lowest BCUT2D eigenvalue weighted by Gasteiger charge is -2.19. The quantitative estimate of drug-likeness (QED) is 0.309. The molecule has 1 amide bonds. The van der Waals surface area contributed by atoms with Gasteiger partial charge in [0.05, 0.1) is 5.52 Å². The van der Waals surface area contributed by atoms with Gasteiger partial charge in [0.25, 0.3) is 5.91 Å². The van der Waals surface area contributed by atoms with E-state index >= 15 is 0 Å². The predicted octanol–water partition coefficient (Wildman–Crippen LogP) is 6.81. The summed E-state index contributed by atoms with van der Waals surface area (Å²) in [5.41, 5.74) is 5.08. The van der Waals surface area contributed by atoms with E-state index in [0.717, 1.165) is 40.4 Å². The first-order valence-corrected chi connectivity index (χ1v) is 11.9. The van der Waals surface area contributed by atoms with Gasteiger partial charge in [0.2, 0.25) is 0 Å². The molecule has 4 nitrogen and oxygen atoms in total. The molecule has 1 atom stereocenters. The third-order valence-corrected chi connectivity index (χ3v) is 6.71. The van der Waals surface area contributed by atoms with Crippen LogP contribution in [0.4, 0.5) is 13.2 Å². The molecular weight excluding hydrogens is 465 g/mol. The van der Waals surface area contributed by atoms with Gasteiger partial charge in [-0.2, -0.15) is 0 Å². The Bertz CT molecular complexity index is 1400. The van der Waals surface area contributed by atoms with E-state index in [0.29, 0.717) is 24.6 Å². The number of pyridine rings is 1. The maximum atomic E-state index is 13.4. The van der Waals surface area contributed by atoms with Crippen molar-refractivity contribution in [2.24, 2.45) is 5.92 Å². The van der Waals surface area contributed by atoms with Crippen molar-refractivity contribution in [1.82, 2.24) is 9.88 Å². The van der Waals surface area contributed by atoms with Crippen LogP contribution in [0.3, 0.4) is 0 Å². The number of hydrogen-bond donors (Lipinski definition) is 0. The highest BCUT2D eigenvalue weighted by Gasteiger charge is 2.31. The lowest BCUT2D eigenvalue weighted by molar-refractivity contribution is -0.274. The molecule has 3 aromatic carbocycles. The van der Waals surface area contributed by atoms with Gasteiger partial charge >= 0.3 is 6.36 Å². The number of amides is 1. The Labute approximate surface area is 207 Å². The summed E-state index contributed by atoms with van der Waals surface area (Å²) in [4.78, 5) is 19.9. The van der Waals surface area contributed by atoms with E-state index in [4.69, 9.17) is 0 Å². The summed E-state index contributed by atoms with van der Waals surface area (Å²) in [7, 11) is 0. The molecule has 0 spiro atoms. The molecule has 2 heterocycles. The molecule has 5 rings (SSSR count). The van der Waals surface area contributed by atoms with E-state index < -0.39 is 6.36 Å². The fraction of sp³-hybridized carbons (Fsp3) is 0.241. The molecule has 1 aliphatic heterocycles. The number of alkyl halides is 3. The number of carbonyl (C=O) groups excluding carboxylic acids is 1. The van der Waals surface area contributed by atoms with Crippen molar-refractivity contribution in [2.45, 2.75) is 26.1 Å². The van der Waals surface area contributed by atoms with Gasteiger partial charge in [0.15, 0.2) is 0 Å². The van der Waals surface area contributed by atoms with Crippen molar-refractivity contribution >= 4 is 16.8 Å². The van der Waals surface area contributed by atoms with Gasteiger partial charge in [0.1, 0.15) is 5.75 Å². The number of likely N-dealkylation sites (tertiary alicyclic amines) is 1. The summed E-state index contributed by atoms with van der Waals surface area (Å²) in [6.07, 6.45) is -1.02. The Balaban J connectivity index is 1.28. The average Bonchev–Trinajstić information content (AvgIpc) is 3.32. The van der Waals surface area contributed by atoms with Crippen LogP contribution in [-0.2, 0) is 6.42 Å². The first-order valence-electron chi connectivity index (χ1n) is 11.9. The second-order valence-electron chi connectivity index (χ2n) is 9.20. The van der Waals surface area contributed by atoms with Gasteiger partial charge in [-0.3, -0.25) is 9.78 Å². The summed E-state index contributed by atoms with van der Waals surface area (Å²) < 4.78 is 41.4. The van der Waals surface area contributed by atoms with Crippen LogP contribution in [0.15, 0.2) is 79.0 Å². The molecule has 0 radical (unpaired) electrons. The first-order chi connectivity index (χ1) is 17.3. The molecule has 1 fully saturated rings. The zero-order chi connectivity index (χ0) is 25.3. The molecule has 4 aromatic rings. The predicted molar refractivity (Wildman–Crippen MR) is 133 cm³/mol. The van der Waals surface area contributed by atoms with Crippen LogP contribution in [0.1, 0.15) is 27.9 Å². The van der Waals surface area contributed by atoms with Crippen LogP contribution in [0.25, 0.3) is 22.0 Å². The molecule has 184 valence electrons. The number of benzene rings is 3. The Morgan fingerprint density at radius 1 is 1.06 bits per heavy atom. The molecule has 1 aliphatic rings. The average molecular weight is 491 g/mol. The second kappa shape index (κ2) is 9.64. The van der Waals surface area contributed by atoms with Crippen LogP contribution in [0, 0.1) is 12.8 Å². The van der Waals surface area contributed by atoms with Crippen molar-refractivity contribution in [3.8, 4) is 16.9 Å². The summed E-state index contributed by atoms with van der Waals surface area (Å²) >= 11 is 0. The Morgan fingerprint density at radius 2 is 1.83 bits per heavy atom. The van der Waals surface area contributed by atoms with Gasteiger partial charge in [-0.1, -0.05) is 42.5 Å². The second-order valence-corrected chi connectivity index (χ2v) is 9.20. The van der Waals surface area contributed by atoms with Gasteiger partial charge in [-0.15, -0.1) is 13.2 Å². The molecule has 1 aromatic heterocycles. The molecule has 0 bridgehead atoms. The minimum Gasteiger partial charge on any atom is -0.406 e. The van der Waals surface area contributed by atoms with Gasteiger partial charge in [-0.05, 0) is 78.3 Å². The number of carbonyl (C=O) groups is 1. The van der Waals surface area contributed by atoms with Crippen molar-refractivity contribution in [2.75, 3.05) is 13.1 Å². The zero-order valence-corrected chi connectivity index (χ0v) is 19.8. The molecular formula is C29H25F3N2O2. The Kier molecular flexibility index (Phi) is 6.39. The molecule has 1 saturated heterocycles. The number of para-hydroxylation sites is 1. The summed E-state index contributed by atoms with van der Waals surface area (Å²) in [6, 6.07) is 21.4. The van der Waals surface area contributed by atoms with Crippen LogP contribution in [0.2, 0.25) is 0 Å². The monoisotopic (exact) mass is 490 g/mol. The topological polar surface area (TPSA) is 42.4 Å². The van der Waals surface area contributed by atoms with Gasteiger partial charge in [-0.25, -0.2) is 0 Å². The third kappa shape index (κ3) is 5.20. The molecule has 7 heteroatoms. The van der Waals surface area contributed by atoms with Crippen molar-refractivity contribution in [3.05, 3.63) is 95.7 Å². The zero-order valence-electron chi connectivity index (χ0n) is 19.8. The van der Waals surface area contributed by atoms with Gasteiger partial charge in [0, 0.05) is 30.2 Å². The van der Waals surface area contributed by atoms with Crippen molar-refractivity contribution in [1.29, 1.82) is 0 Å². The lowest BCUT2D eigenvalue weighted by Crippen LogP contribution is -2.29. The highest BCUT2D eigenvalue weighted by molar-refractivity contribution is 5.97. The van der Waals surface area contributed by atoms with Crippen LogP contribution in [0.5, 0.6) is 5.75 Å². The smallest absolute Gasteiger partial charge is 0.406 e. The van der Waals surface area contributed by atoms with Crippen molar-refractivity contribution < 1.29 is 22.7 Å².